The van der Waals surface area contributed by atoms with Crippen LogP contribution in [0.4, 0.5) is 0 Å². The van der Waals surface area contributed by atoms with Gasteiger partial charge in [0.25, 0.3) is 11.5 Å². The number of halogens is 2. The molecule has 0 aliphatic carbocycles. The summed E-state index contributed by atoms with van der Waals surface area (Å²) in [6.45, 7) is 3.79. The van der Waals surface area contributed by atoms with Crippen LogP contribution in [0, 0.1) is 13.8 Å². The van der Waals surface area contributed by atoms with Gasteiger partial charge in [-0.25, -0.2) is 10.4 Å². The fourth-order valence-electron chi connectivity index (χ4n) is 3.46. The molecule has 1 N–H and O–H groups in total. The number of carbonyl (C=O) groups is 1. The Balaban J connectivity index is 1.40. The lowest BCUT2D eigenvalue weighted by Crippen LogP contribution is -2.30. The highest BCUT2D eigenvalue weighted by Gasteiger charge is 2.14. The number of carbonyl (C=O) groups excluding carboxylic acids is 1. The zero-order valence-corrected chi connectivity index (χ0v) is 22.0. The van der Waals surface area contributed by atoms with Crippen LogP contribution in [0.5, 0.6) is 11.5 Å². The molecule has 2 heterocycles. The van der Waals surface area contributed by atoms with E-state index in [9.17, 15) is 9.59 Å². The zero-order chi connectivity index (χ0) is 25.8. The predicted molar refractivity (Wildman–Crippen MR) is 143 cm³/mol. The Morgan fingerprint density at radius 3 is 2.67 bits per heavy atom. The average molecular weight is 545 g/mol. The van der Waals surface area contributed by atoms with Gasteiger partial charge in [-0.2, -0.15) is 5.10 Å². The van der Waals surface area contributed by atoms with Gasteiger partial charge in [-0.1, -0.05) is 29.3 Å². The molecule has 186 valence electrons. The van der Waals surface area contributed by atoms with Gasteiger partial charge >= 0.3 is 0 Å². The van der Waals surface area contributed by atoms with Crippen molar-refractivity contribution in [1.82, 2.24) is 15.0 Å². The smallest absolute Gasteiger partial charge is 0.262 e. The topological polar surface area (TPSA) is 94.8 Å². The van der Waals surface area contributed by atoms with Crippen molar-refractivity contribution >= 4 is 56.9 Å². The maximum atomic E-state index is 12.7. The molecule has 0 saturated heterocycles. The standard InChI is InChI=1S/C25H22Cl2N4O4S/c1-14-15(2)36-24-23(14)25(33)31(13-28-24)11-22(32)30-29-10-16-7-8-20(21(9-16)34-3)35-12-17-18(26)5-4-6-19(17)27/h4-10,13H,11-12H2,1-3H3,(H,30,32)/b29-10+. The highest BCUT2D eigenvalue weighted by Crippen LogP contribution is 2.31. The maximum Gasteiger partial charge on any atom is 0.262 e. The largest absolute Gasteiger partial charge is 0.493 e. The third-order valence-corrected chi connectivity index (χ3v) is 7.32. The number of nitrogens with zero attached hydrogens (tertiary/aromatic N) is 3. The molecule has 8 nitrogen and oxygen atoms in total. The van der Waals surface area contributed by atoms with E-state index in [1.54, 1.807) is 36.4 Å². The summed E-state index contributed by atoms with van der Waals surface area (Å²) >= 11 is 13.9. The Morgan fingerprint density at radius 1 is 1.19 bits per heavy atom. The number of aromatic nitrogens is 2. The third kappa shape index (κ3) is 5.53. The Kier molecular flexibility index (Phi) is 7.93. The van der Waals surface area contributed by atoms with Crippen molar-refractivity contribution < 1.29 is 14.3 Å². The monoisotopic (exact) mass is 544 g/mol. The minimum absolute atomic E-state index is 0.169. The Morgan fingerprint density at radius 2 is 1.94 bits per heavy atom. The fraction of sp³-hybridized carbons (Fsp3) is 0.200. The van der Waals surface area contributed by atoms with Crippen molar-refractivity contribution in [2.45, 2.75) is 27.0 Å². The van der Waals surface area contributed by atoms with Crippen molar-refractivity contribution in [2.24, 2.45) is 5.10 Å². The molecule has 0 atom stereocenters. The van der Waals surface area contributed by atoms with Crippen LogP contribution in [0.15, 0.2) is 52.6 Å². The molecule has 0 bridgehead atoms. The van der Waals surface area contributed by atoms with Gasteiger partial charge < -0.3 is 9.47 Å². The average Bonchev–Trinajstić information content (AvgIpc) is 3.15. The van der Waals surface area contributed by atoms with Crippen molar-refractivity contribution in [2.75, 3.05) is 7.11 Å². The van der Waals surface area contributed by atoms with Crippen LogP contribution in [0.1, 0.15) is 21.6 Å². The molecule has 2 aromatic carbocycles. The molecule has 11 heteroatoms. The summed E-state index contributed by atoms with van der Waals surface area (Å²) in [5, 5.41) is 5.55. The molecule has 0 saturated carbocycles. The summed E-state index contributed by atoms with van der Waals surface area (Å²) in [5.41, 5.74) is 4.41. The minimum atomic E-state index is -0.456. The summed E-state index contributed by atoms with van der Waals surface area (Å²) in [6, 6.07) is 10.4. The third-order valence-electron chi connectivity index (χ3n) is 5.49. The van der Waals surface area contributed by atoms with Crippen LogP contribution >= 0.6 is 34.5 Å². The van der Waals surface area contributed by atoms with Crippen LogP contribution in [-0.4, -0.2) is 28.8 Å². The number of hydrazone groups is 1. The lowest BCUT2D eigenvalue weighted by molar-refractivity contribution is -0.121. The van der Waals surface area contributed by atoms with Crippen LogP contribution in [0.25, 0.3) is 10.2 Å². The molecule has 4 rings (SSSR count). The summed E-state index contributed by atoms with van der Waals surface area (Å²) in [5.74, 6) is 0.513. The number of aryl methyl sites for hydroxylation is 2. The van der Waals surface area contributed by atoms with E-state index in [1.807, 2.05) is 13.8 Å². The first-order chi connectivity index (χ1) is 17.3. The number of thiophene rings is 1. The molecule has 1 amide bonds. The number of fused-ring (bicyclic) bond motifs is 1. The first kappa shape index (κ1) is 25.7. The molecule has 2 aromatic heterocycles. The van der Waals surface area contributed by atoms with E-state index in [2.05, 4.69) is 15.5 Å². The summed E-state index contributed by atoms with van der Waals surface area (Å²) in [6.07, 6.45) is 2.84. The molecule has 0 spiro atoms. The van der Waals surface area contributed by atoms with Crippen molar-refractivity contribution in [3.8, 4) is 11.5 Å². The number of nitrogens with one attached hydrogen (secondary N) is 1. The number of benzene rings is 2. The molecule has 0 radical (unpaired) electrons. The molecule has 0 aliphatic rings. The number of hydrogen-bond donors (Lipinski definition) is 1. The fourth-order valence-corrected chi connectivity index (χ4v) is 4.95. The highest BCUT2D eigenvalue weighted by molar-refractivity contribution is 7.18. The first-order valence-electron chi connectivity index (χ1n) is 10.8. The number of ether oxygens (including phenoxy) is 2. The summed E-state index contributed by atoms with van der Waals surface area (Å²) < 4.78 is 12.5. The number of hydrogen-bond acceptors (Lipinski definition) is 7. The second-order valence-corrected chi connectivity index (χ2v) is 9.85. The number of amides is 1. The normalized spacial score (nSPS) is 11.2. The van der Waals surface area contributed by atoms with Gasteiger partial charge in [0.05, 0.1) is 25.0 Å². The van der Waals surface area contributed by atoms with E-state index >= 15 is 0 Å². The van der Waals surface area contributed by atoms with Crippen LogP contribution in [0.2, 0.25) is 10.0 Å². The van der Waals surface area contributed by atoms with E-state index in [0.717, 1.165) is 10.4 Å². The Hall–Kier alpha value is -3.40. The predicted octanol–water partition coefficient (Wildman–Crippen LogP) is 5.12. The Labute approximate surface area is 221 Å². The number of methoxy groups -OCH3 is 1. The highest BCUT2D eigenvalue weighted by atomic mass is 35.5. The van der Waals surface area contributed by atoms with Crippen molar-refractivity contribution in [3.05, 3.63) is 84.7 Å². The summed E-state index contributed by atoms with van der Waals surface area (Å²) in [4.78, 5) is 31.1. The molecular formula is C25H22Cl2N4O4S. The van der Waals surface area contributed by atoms with Gasteiger partial charge in [-0.05, 0) is 55.3 Å². The van der Waals surface area contributed by atoms with Crippen LogP contribution < -0.4 is 20.5 Å². The van der Waals surface area contributed by atoms with Gasteiger partial charge in [0.15, 0.2) is 11.5 Å². The molecular weight excluding hydrogens is 523 g/mol. The lowest BCUT2D eigenvalue weighted by Gasteiger charge is -2.13. The van der Waals surface area contributed by atoms with Crippen LogP contribution in [0.3, 0.4) is 0 Å². The van der Waals surface area contributed by atoms with Crippen molar-refractivity contribution in [1.29, 1.82) is 0 Å². The SMILES string of the molecule is COc1cc(/C=N/NC(=O)Cn2cnc3sc(C)c(C)c3c2=O)ccc1OCc1c(Cl)cccc1Cl. The van der Waals surface area contributed by atoms with E-state index in [1.165, 1.54) is 35.6 Å². The van der Waals surface area contributed by atoms with Gasteiger partial charge in [-0.3, -0.25) is 14.2 Å². The molecule has 4 aromatic rings. The zero-order valence-electron chi connectivity index (χ0n) is 19.7. The van der Waals surface area contributed by atoms with Gasteiger partial charge in [0, 0.05) is 20.5 Å². The van der Waals surface area contributed by atoms with Gasteiger partial charge in [0.1, 0.15) is 18.0 Å². The molecule has 0 unspecified atom stereocenters. The van der Waals surface area contributed by atoms with Crippen LogP contribution in [-0.2, 0) is 17.9 Å². The lowest BCUT2D eigenvalue weighted by atomic mass is 10.2. The maximum absolute atomic E-state index is 12.7. The second kappa shape index (κ2) is 11.1. The van der Waals surface area contributed by atoms with E-state index in [0.29, 0.717) is 42.9 Å². The number of rotatable bonds is 8. The minimum Gasteiger partial charge on any atom is -0.493 e. The van der Waals surface area contributed by atoms with Crippen molar-refractivity contribution in [3.63, 3.8) is 0 Å². The Bertz CT molecular complexity index is 1510. The quantitative estimate of drug-likeness (QED) is 0.245. The molecule has 0 aliphatic heterocycles. The molecule has 0 fully saturated rings. The first-order valence-corrected chi connectivity index (χ1v) is 12.4. The van der Waals surface area contributed by atoms with E-state index < -0.39 is 5.91 Å². The van der Waals surface area contributed by atoms with Gasteiger partial charge in [-0.15, -0.1) is 11.3 Å². The van der Waals surface area contributed by atoms with Gasteiger partial charge in [0.2, 0.25) is 0 Å². The molecule has 36 heavy (non-hydrogen) atoms. The summed E-state index contributed by atoms with van der Waals surface area (Å²) in [7, 11) is 1.52. The van der Waals surface area contributed by atoms with E-state index in [4.69, 9.17) is 32.7 Å². The second-order valence-electron chi connectivity index (χ2n) is 7.83. The van der Waals surface area contributed by atoms with E-state index in [-0.39, 0.29) is 18.7 Å².